The predicted octanol–water partition coefficient (Wildman–Crippen LogP) is 3.67. The van der Waals surface area contributed by atoms with Crippen LogP contribution in [0.2, 0.25) is 5.02 Å². The van der Waals surface area contributed by atoms with Crippen LogP contribution in [0.4, 0.5) is 5.69 Å². The Hall–Kier alpha value is -1.22. The van der Waals surface area contributed by atoms with Crippen molar-refractivity contribution in [1.29, 1.82) is 0 Å². The summed E-state index contributed by atoms with van der Waals surface area (Å²) in [5, 5.41) is 9.67. The molecule has 100 valence electrons. The molecule has 0 fully saturated rings. The number of rotatable bonds is 6. The van der Waals surface area contributed by atoms with Crippen molar-refractivity contribution in [2.45, 2.75) is 33.2 Å². The molecule has 0 radical (unpaired) electrons. The zero-order valence-corrected chi connectivity index (χ0v) is 11.8. The van der Waals surface area contributed by atoms with Gasteiger partial charge in [0.15, 0.2) is 0 Å². The van der Waals surface area contributed by atoms with Crippen molar-refractivity contribution in [2.75, 3.05) is 11.4 Å². The standard InChI is InChI=1S/C14H20ClNO2/c1-10(2)8-11(3)16(9-14(17)18)13-6-4-12(15)5-7-13/h4-7,10-11H,8-9H2,1-3H3,(H,17,18). The molecule has 0 aliphatic rings. The van der Waals surface area contributed by atoms with Gasteiger partial charge in [-0.25, -0.2) is 0 Å². The molecule has 0 aliphatic heterocycles. The van der Waals surface area contributed by atoms with Gasteiger partial charge in [0.1, 0.15) is 6.54 Å². The Morgan fingerprint density at radius 3 is 2.28 bits per heavy atom. The van der Waals surface area contributed by atoms with Gasteiger partial charge in [0.2, 0.25) is 0 Å². The first kappa shape index (κ1) is 14.8. The molecule has 0 bridgehead atoms. The number of hydrogen-bond donors (Lipinski definition) is 1. The van der Waals surface area contributed by atoms with E-state index in [0.29, 0.717) is 10.9 Å². The first-order valence-electron chi connectivity index (χ1n) is 6.14. The fourth-order valence-corrected chi connectivity index (χ4v) is 2.22. The highest BCUT2D eigenvalue weighted by Gasteiger charge is 2.18. The highest BCUT2D eigenvalue weighted by Crippen LogP contribution is 2.22. The zero-order valence-electron chi connectivity index (χ0n) is 11.1. The average Bonchev–Trinajstić information content (AvgIpc) is 2.26. The van der Waals surface area contributed by atoms with Crippen LogP contribution in [-0.4, -0.2) is 23.7 Å². The molecule has 4 heteroatoms. The summed E-state index contributed by atoms with van der Waals surface area (Å²) in [6.07, 6.45) is 0.954. The highest BCUT2D eigenvalue weighted by molar-refractivity contribution is 6.30. The first-order valence-corrected chi connectivity index (χ1v) is 6.52. The van der Waals surface area contributed by atoms with Crippen molar-refractivity contribution in [2.24, 2.45) is 5.92 Å². The molecule has 0 saturated heterocycles. The monoisotopic (exact) mass is 269 g/mol. The highest BCUT2D eigenvalue weighted by atomic mass is 35.5. The van der Waals surface area contributed by atoms with Gasteiger partial charge in [0.25, 0.3) is 0 Å². The second-order valence-electron chi connectivity index (χ2n) is 4.98. The number of nitrogens with zero attached hydrogens (tertiary/aromatic N) is 1. The van der Waals surface area contributed by atoms with Crippen LogP contribution in [0.1, 0.15) is 27.2 Å². The lowest BCUT2D eigenvalue weighted by molar-refractivity contribution is -0.135. The minimum atomic E-state index is -0.819. The Balaban J connectivity index is 2.89. The van der Waals surface area contributed by atoms with Crippen molar-refractivity contribution >= 4 is 23.3 Å². The Labute approximate surface area is 113 Å². The van der Waals surface area contributed by atoms with Crippen molar-refractivity contribution in [3.63, 3.8) is 0 Å². The van der Waals surface area contributed by atoms with E-state index < -0.39 is 5.97 Å². The van der Waals surface area contributed by atoms with Gasteiger partial charge in [0, 0.05) is 16.8 Å². The maximum Gasteiger partial charge on any atom is 0.323 e. The van der Waals surface area contributed by atoms with Gasteiger partial charge in [-0.05, 0) is 43.5 Å². The summed E-state index contributed by atoms with van der Waals surface area (Å²) in [7, 11) is 0. The minimum Gasteiger partial charge on any atom is -0.480 e. The number of halogens is 1. The fourth-order valence-electron chi connectivity index (χ4n) is 2.09. The van der Waals surface area contributed by atoms with E-state index in [1.807, 2.05) is 17.0 Å². The Kier molecular flexibility index (Phi) is 5.48. The molecule has 18 heavy (non-hydrogen) atoms. The van der Waals surface area contributed by atoms with Gasteiger partial charge in [-0.15, -0.1) is 0 Å². The molecule has 0 amide bonds. The molecular formula is C14H20ClNO2. The lowest BCUT2D eigenvalue weighted by Crippen LogP contribution is -2.38. The van der Waals surface area contributed by atoms with Crippen LogP contribution in [0.3, 0.4) is 0 Å². The molecule has 0 saturated carbocycles. The van der Waals surface area contributed by atoms with Gasteiger partial charge in [-0.3, -0.25) is 4.79 Å². The molecule has 1 aromatic rings. The average molecular weight is 270 g/mol. The number of aliphatic carboxylic acids is 1. The second kappa shape index (κ2) is 6.64. The van der Waals surface area contributed by atoms with Crippen LogP contribution in [0.25, 0.3) is 0 Å². The van der Waals surface area contributed by atoms with Gasteiger partial charge in [-0.1, -0.05) is 25.4 Å². The van der Waals surface area contributed by atoms with Gasteiger partial charge < -0.3 is 10.0 Å². The fraction of sp³-hybridized carbons (Fsp3) is 0.500. The van der Waals surface area contributed by atoms with Crippen LogP contribution < -0.4 is 4.90 Å². The molecule has 0 aromatic heterocycles. The summed E-state index contributed by atoms with van der Waals surface area (Å²) in [6.45, 7) is 6.34. The lowest BCUT2D eigenvalue weighted by atomic mass is 10.0. The summed E-state index contributed by atoms with van der Waals surface area (Å²) in [6, 6.07) is 7.48. The van der Waals surface area contributed by atoms with Crippen LogP contribution in [0.15, 0.2) is 24.3 Å². The summed E-state index contributed by atoms with van der Waals surface area (Å²) >= 11 is 5.85. The number of anilines is 1. The van der Waals surface area contributed by atoms with Gasteiger partial charge in [0.05, 0.1) is 0 Å². The normalized spacial score (nSPS) is 12.5. The molecular weight excluding hydrogens is 250 g/mol. The van der Waals surface area contributed by atoms with E-state index >= 15 is 0 Å². The van der Waals surface area contributed by atoms with E-state index in [-0.39, 0.29) is 12.6 Å². The van der Waals surface area contributed by atoms with Crippen LogP contribution in [0.5, 0.6) is 0 Å². The van der Waals surface area contributed by atoms with E-state index in [0.717, 1.165) is 12.1 Å². The molecule has 0 heterocycles. The minimum absolute atomic E-state index is 0.00944. The molecule has 1 unspecified atom stereocenters. The van der Waals surface area contributed by atoms with Crippen LogP contribution >= 0.6 is 11.6 Å². The molecule has 1 aromatic carbocycles. The van der Waals surface area contributed by atoms with Crippen LogP contribution in [0, 0.1) is 5.92 Å². The molecule has 1 N–H and O–H groups in total. The zero-order chi connectivity index (χ0) is 13.7. The lowest BCUT2D eigenvalue weighted by Gasteiger charge is -2.31. The first-order chi connectivity index (χ1) is 8.40. The number of benzene rings is 1. The third-order valence-electron chi connectivity index (χ3n) is 2.81. The largest absolute Gasteiger partial charge is 0.480 e. The molecule has 1 atom stereocenters. The maximum atomic E-state index is 11.0. The topological polar surface area (TPSA) is 40.5 Å². The van der Waals surface area contributed by atoms with Crippen molar-refractivity contribution < 1.29 is 9.90 Å². The predicted molar refractivity (Wildman–Crippen MR) is 75.4 cm³/mol. The summed E-state index contributed by atoms with van der Waals surface area (Å²) in [5.74, 6) is -0.288. The van der Waals surface area contributed by atoms with E-state index in [9.17, 15) is 4.79 Å². The van der Waals surface area contributed by atoms with E-state index in [1.54, 1.807) is 12.1 Å². The van der Waals surface area contributed by atoms with E-state index in [2.05, 4.69) is 20.8 Å². The van der Waals surface area contributed by atoms with Gasteiger partial charge in [-0.2, -0.15) is 0 Å². The molecule has 0 aliphatic carbocycles. The Bertz CT molecular complexity index is 389. The van der Waals surface area contributed by atoms with Gasteiger partial charge >= 0.3 is 5.97 Å². The van der Waals surface area contributed by atoms with Crippen LogP contribution in [-0.2, 0) is 4.79 Å². The molecule has 1 rings (SSSR count). The Morgan fingerprint density at radius 1 is 1.28 bits per heavy atom. The second-order valence-corrected chi connectivity index (χ2v) is 5.41. The number of carbonyl (C=O) groups is 1. The van der Waals surface area contributed by atoms with E-state index in [4.69, 9.17) is 16.7 Å². The summed E-state index contributed by atoms with van der Waals surface area (Å²) in [5.41, 5.74) is 0.898. The summed E-state index contributed by atoms with van der Waals surface area (Å²) in [4.78, 5) is 12.9. The van der Waals surface area contributed by atoms with Crippen molar-refractivity contribution in [3.8, 4) is 0 Å². The molecule has 3 nitrogen and oxygen atoms in total. The summed E-state index contributed by atoms with van der Waals surface area (Å²) < 4.78 is 0. The molecule has 0 spiro atoms. The number of hydrogen-bond acceptors (Lipinski definition) is 2. The SMILES string of the molecule is CC(C)CC(C)N(CC(=O)O)c1ccc(Cl)cc1. The third kappa shape index (κ3) is 4.57. The van der Waals surface area contributed by atoms with Crippen molar-refractivity contribution in [3.05, 3.63) is 29.3 Å². The smallest absolute Gasteiger partial charge is 0.323 e. The number of carboxylic acids is 1. The maximum absolute atomic E-state index is 11.0. The number of carboxylic acid groups (broad SMARTS) is 1. The quantitative estimate of drug-likeness (QED) is 0.857. The third-order valence-corrected chi connectivity index (χ3v) is 3.06. The van der Waals surface area contributed by atoms with E-state index in [1.165, 1.54) is 0 Å². The Morgan fingerprint density at radius 2 is 1.83 bits per heavy atom. The van der Waals surface area contributed by atoms with Crippen molar-refractivity contribution in [1.82, 2.24) is 0 Å².